The molecule has 198 valence electrons. The first kappa shape index (κ1) is 26.6. The minimum absolute atomic E-state index is 0.0309. The molecule has 37 heavy (non-hydrogen) atoms. The molecule has 13 heteroatoms. The molecule has 0 fully saturated rings. The number of methoxy groups -OCH3 is 1. The number of anilines is 2. The van der Waals surface area contributed by atoms with Crippen LogP contribution in [0, 0.1) is 5.82 Å². The maximum absolute atomic E-state index is 14.1. The minimum atomic E-state index is -4.18. The molecule has 3 N–H and O–H groups in total. The van der Waals surface area contributed by atoms with Crippen LogP contribution in [0.4, 0.5) is 15.8 Å². The Morgan fingerprint density at radius 2 is 1.89 bits per heavy atom. The summed E-state index contributed by atoms with van der Waals surface area (Å²) in [5, 5.41) is 14.7. The molecule has 2 heterocycles. The van der Waals surface area contributed by atoms with Crippen LogP contribution in [0.3, 0.4) is 0 Å². The number of aryl methyl sites for hydroxylation is 1. The monoisotopic (exact) mass is 551 g/mol. The van der Waals surface area contributed by atoms with E-state index in [9.17, 15) is 31.1 Å². The topological polar surface area (TPSA) is 144 Å². The molecule has 4 rings (SSSR count). The third-order valence-corrected chi connectivity index (χ3v) is 8.20. The Kier molecular flexibility index (Phi) is 6.59. The van der Waals surface area contributed by atoms with Crippen LogP contribution < -0.4 is 15.6 Å². The van der Waals surface area contributed by atoms with Crippen LogP contribution in [0.25, 0.3) is 16.6 Å². The number of sulfone groups is 1. The Morgan fingerprint density at radius 3 is 2.54 bits per heavy atom. The molecule has 0 aliphatic carbocycles. The number of halogens is 1. The van der Waals surface area contributed by atoms with Crippen molar-refractivity contribution in [2.75, 3.05) is 23.4 Å². The molecule has 0 amide bonds. The van der Waals surface area contributed by atoms with Crippen molar-refractivity contribution in [3.8, 4) is 5.75 Å². The lowest BCUT2D eigenvalue weighted by Crippen LogP contribution is -2.31. The molecular formula is C24H26FN3O7S2. The first-order valence-corrected chi connectivity index (χ1v) is 14.5. The summed E-state index contributed by atoms with van der Waals surface area (Å²) in [6.45, 7) is 3.82. The van der Waals surface area contributed by atoms with Crippen molar-refractivity contribution < 1.29 is 31.1 Å². The van der Waals surface area contributed by atoms with Crippen LogP contribution in [0.5, 0.6) is 5.75 Å². The second-order valence-corrected chi connectivity index (χ2v) is 12.9. The van der Waals surface area contributed by atoms with Crippen molar-refractivity contribution in [1.82, 2.24) is 4.57 Å². The Labute approximate surface area is 213 Å². The molecule has 2 aromatic carbocycles. The number of nitrogens with one attached hydrogen (secondary N) is 2. The highest BCUT2D eigenvalue weighted by atomic mass is 32.2. The highest BCUT2D eigenvalue weighted by Crippen LogP contribution is 2.38. The smallest absolute Gasteiger partial charge is 0.264 e. The normalized spacial score (nSPS) is 15.1. The summed E-state index contributed by atoms with van der Waals surface area (Å²) in [6.07, 6.45) is 1.32. The number of fused-ring (bicyclic) bond motifs is 2. The highest BCUT2D eigenvalue weighted by Gasteiger charge is 2.29. The van der Waals surface area contributed by atoms with Crippen molar-refractivity contribution >= 4 is 47.8 Å². The summed E-state index contributed by atoms with van der Waals surface area (Å²) in [7, 11) is -6.29. The van der Waals surface area contributed by atoms with Crippen molar-refractivity contribution in [1.29, 1.82) is 0 Å². The number of hydrogen-bond acceptors (Lipinski definition) is 8. The Balaban J connectivity index is 1.90. The fraction of sp³-hybridized carbons (Fsp3) is 0.292. The number of sulfonamides is 1. The van der Waals surface area contributed by atoms with Gasteiger partial charge in [-0.05, 0) is 56.7 Å². The van der Waals surface area contributed by atoms with Crippen LogP contribution in [-0.2, 0) is 31.1 Å². The lowest BCUT2D eigenvalue weighted by molar-refractivity contribution is 0.0121. The standard InChI is InChI=1S/C24H26FN3O7S2/c1-24(2,35-3)9-10-28-19-8-5-14(25)11-16(19)22(29)21(23(28)30)18-13-37(33,34)20-12-15(27-36(4,31)32)6-7-17(20)26-18/h5-8,11-13,26-27,29H,9-10H2,1-4H3. The van der Waals surface area contributed by atoms with E-state index < -0.39 is 42.6 Å². The zero-order valence-corrected chi connectivity index (χ0v) is 22.1. The predicted octanol–water partition coefficient (Wildman–Crippen LogP) is 3.23. The molecule has 3 aromatic rings. The van der Waals surface area contributed by atoms with E-state index in [1.54, 1.807) is 0 Å². The lowest BCUT2D eigenvalue weighted by atomic mass is 10.0. The van der Waals surface area contributed by atoms with E-state index in [0.29, 0.717) is 6.42 Å². The van der Waals surface area contributed by atoms with Gasteiger partial charge in [0.15, 0.2) is 0 Å². The Morgan fingerprint density at radius 1 is 1.19 bits per heavy atom. The summed E-state index contributed by atoms with van der Waals surface area (Å²) >= 11 is 0. The summed E-state index contributed by atoms with van der Waals surface area (Å²) < 4.78 is 72.5. The molecule has 0 bridgehead atoms. The molecule has 0 unspecified atom stereocenters. The molecular weight excluding hydrogens is 525 g/mol. The Bertz CT molecular complexity index is 1730. The third-order valence-electron chi connectivity index (χ3n) is 6.09. The van der Waals surface area contributed by atoms with Crippen molar-refractivity contribution in [3.05, 3.63) is 63.5 Å². The summed E-state index contributed by atoms with van der Waals surface area (Å²) in [4.78, 5) is 13.4. The number of aromatic nitrogens is 1. The van der Waals surface area contributed by atoms with E-state index in [-0.39, 0.29) is 45.0 Å². The van der Waals surface area contributed by atoms with Gasteiger partial charge in [-0.3, -0.25) is 9.52 Å². The molecule has 1 aliphatic heterocycles. The van der Waals surface area contributed by atoms with Crippen molar-refractivity contribution in [3.63, 3.8) is 0 Å². The van der Waals surface area contributed by atoms with Gasteiger partial charge in [0.1, 0.15) is 17.1 Å². The highest BCUT2D eigenvalue weighted by molar-refractivity contribution is 7.94. The van der Waals surface area contributed by atoms with Crippen LogP contribution >= 0.6 is 0 Å². The first-order chi connectivity index (χ1) is 17.1. The first-order valence-electron chi connectivity index (χ1n) is 11.1. The Hall–Kier alpha value is -3.42. The minimum Gasteiger partial charge on any atom is -0.506 e. The molecule has 0 radical (unpaired) electrons. The fourth-order valence-corrected chi connectivity index (χ4v) is 5.90. The van der Waals surface area contributed by atoms with Gasteiger partial charge in [0, 0.05) is 24.7 Å². The number of benzene rings is 2. The number of nitrogens with zero attached hydrogens (tertiary/aromatic N) is 1. The maximum atomic E-state index is 14.1. The average Bonchev–Trinajstić information content (AvgIpc) is 2.78. The van der Waals surface area contributed by atoms with Crippen molar-refractivity contribution in [2.24, 2.45) is 0 Å². The second-order valence-electron chi connectivity index (χ2n) is 9.34. The predicted molar refractivity (Wildman–Crippen MR) is 139 cm³/mol. The zero-order valence-electron chi connectivity index (χ0n) is 20.5. The van der Waals surface area contributed by atoms with Gasteiger partial charge in [0.05, 0.1) is 39.1 Å². The van der Waals surface area contributed by atoms with Gasteiger partial charge in [-0.25, -0.2) is 21.2 Å². The number of ether oxygens (including phenoxy) is 1. The number of hydrogen-bond donors (Lipinski definition) is 3. The van der Waals surface area contributed by atoms with Crippen LogP contribution in [0.15, 0.2) is 51.5 Å². The van der Waals surface area contributed by atoms with Gasteiger partial charge < -0.3 is 19.7 Å². The molecule has 0 saturated heterocycles. The zero-order chi connectivity index (χ0) is 27.3. The van der Waals surface area contributed by atoms with Gasteiger partial charge in [0.25, 0.3) is 5.56 Å². The van der Waals surface area contributed by atoms with Crippen LogP contribution in [0.2, 0.25) is 0 Å². The molecule has 1 aromatic heterocycles. The number of pyridine rings is 1. The largest absolute Gasteiger partial charge is 0.506 e. The van der Waals surface area contributed by atoms with Gasteiger partial charge in [-0.1, -0.05) is 0 Å². The van der Waals surface area contributed by atoms with E-state index in [2.05, 4.69) is 10.0 Å². The van der Waals surface area contributed by atoms with E-state index >= 15 is 0 Å². The van der Waals surface area contributed by atoms with E-state index in [4.69, 9.17) is 4.74 Å². The van der Waals surface area contributed by atoms with Crippen molar-refractivity contribution in [2.45, 2.75) is 37.3 Å². The fourth-order valence-electron chi connectivity index (χ4n) is 4.01. The quantitative estimate of drug-likeness (QED) is 0.406. The molecule has 0 saturated carbocycles. The molecule has 0 spiro atoms. The van der Waals surface area contributed by atoms with Crippen LogP contribution in [-0.4, -0.2) is 45.5 Å². The summed E-state index contributed by atoms with van der Waals surface area (Å²) in [5.74, 6) is -1.22. The SMILES string of the molecule is COC(C)(C)CCn1c(=O)c(C2=CS(=O)(=O)c3cc(NS(C)(=O)=O)ccc3N2)c(O)c2cc(F)ccc21. The summed E-state index contributed by atoms with van der Waals surface area (Å²) in [6, 6.07) is 7.45. The lowest BCUT2D eigenvalue weighted by Gasteiger charge is -2.25. The van der Waals surface area contributed by atoms with E-state index in [1.165, 1.54) is 35.9 Å². The summed E-state index contributed by atoms with van der Waals surface area (Å²) in [5.41, 5.74) is -1.44. The molecule has 1 aliphatic rings. The number of aromatic hydroxyl groups is 1. The van der Waals surface area contributed by atoms with E-state index in [0.717, 1.165) is 23.8 Å². The second kappa shape index (κ2) is 9.15. The molecule has 0 atom stereocenters. The van der Waals surface area contributed by atoms with Gasteiger partial charge in [-0.2, -0.15) is 0 Å². The maximum Gasteiger partial charge on any atom is 0.264 e. The third kappa shape index (κ3) is 5.33. The van der Waals surface area contributed by atoms with E-state index in [1.807, 2.05) is 13.8 Å². The van der Waals surface area contributed by atoms with Gasteiger partial charge in [0.2, 0.25) is 19.9 Å². The van der Waals surface area contributed by atoms with Gasteiger partial charge in [-0.15, -0.1) is 0 Å². The van der Waals surface area contributed by atoms with Crippen LogP contribution in [0.1, 0.15) is 25.8 Å². The average molecular weight is 552 g/mol. The number of rotatable bonds is 7. The van der Waals surface area contributed by atoms with Gasteiger partial charge >= 0.3 is 0 Å². The molecule has 10 nitrogen and oxygen atoms in total.